The lowest BCUT2D eigenvalue weighted by atomic mass is 9.98. The molecule has 1 aromatic carbocycles. The molecule has 1 saturated heterocycles. The van der Waals surface area contributed by atoms with Crippen LogP contribution < -0.4 is 10.6 Å². The van der Waals surface area contributed by atoms with Crippen molar-refractivity contribution in [3.63, 3.8) is 0 Å². The van der Waals surface area contributed by atoms with Crippen LogP contribution in [0.4, 0.5) is 10.5 Å². The highest BCUT2D eigenvalue weighted by Crippen LogP contribution is 2.35. The van der Waals surface area contributed by atoms with E-state index in [0.717, 1.165) is 43.4 Å². The van der Waals surface area contributed by atoms with Crippen molar-refractivity contribution in [2.45, 2.75) is 57.4 Å². The van der Waals surface area contributed by atoms with Crippen molar-refractivity contribution >= 4 is 23.5 Å². The fraction of sp³-hybridized carbons (Fsp3) is 0.526. The monoisotopic (exact) mass is 343 g/mol. The Labute approximate surface area is 148 Å². The number of nitrogens with one attached hydrogen (secondary N) is 2. The van der Waals surface area contributed by atoms with Crippen molar-refractivity contribution in [2.24, 2.45) is 0 Å². The van der Waals surface area contributed by atoms with E-state index in [4.69, 9.17) is 0 Å². The maximum Gasteiger partial charge on any atom is 0.325 e. The summed E-state index contributed by atoms with van der Waals surface area (Å²) in [6.45, 7) is 2.33. The normalized spacial score (nSPS) is 18.7. The van der Waals surface area contributed by atoms with E-state index < -0.39 is 5.54 Å². The predicted molar refractivity (Wildman–Crippen MR) is 95.1 cm³/mol. The smallest absolute Gasteiger partial charge is 0.325 e. The molecule has 0 radical (unpaired) electrons. The van der Waals surface area contributed by atoms with Crippen LogP contribution in [0.1, 0.15) is 51.0 Å². The number of carbonyl (C=O) groups is 3. The minimum Gasteiger partial charge on any atom is -0.326 e. The maximum absolute atomic E-state index is 12.5. The zero-order valence-corrected chi connectivity index (χ0v) is 14.6. The minimum absolute atomic E-state index is 0.0940. The Balaban J connectivity index is 1.50. The van der Waals surface area contributed by atoms with Crippen LogP contribution >= 0.6 is 0 Å². The number of imide groups is 1. The molecule has 25 heavy (non-hydrogen) atoms. The Morgan fingerprint density at radius 1 is 1.24 bits per heavy atom. The molecule has 134 valence electrons. The Kier molecular flexibility index (Phi) is 5.06. The van der Waals surface area contributed by atoms with Gasteiger partial charge in [0.05, 0.1) is 0 Å². The van der Waals surface area contributed by atoms with Crippen LogP contribution in [0.5, 0.6) is 0 Å². The molecule has 1 heterocycles. The fourth-order valence-electron chi connectivity index (χ4n) is 3.76. The Bertz CT molecular complexity index is 680. The molecule has 3 rings (SSSR count). The topological polar surface area (TPSA) is 78.5 Å². The molecule has 1 aliphatic heterocycles. The van der Waals surface area contributed by atoms with Crippen LogP contribution in [0.3, 0.4) is 0 Å². The number of benzene rings is 1. The second-order valence-electron chi connectivity index (χ2n) is 6.84. The van der Waals surface area contributed by atoms with E-state index >= 15 is 0 Å². The van der Waals surface area contributed by atoms with E-state index in [9.17, 15) is 14.4 Å². The SMILES string of the molecule is CCc1ccccc1NC(=O)CCCN1C(=O)NC2(CCCC2)C1=O. The number of nitrogens with zero attached hydrogens (tertiary/aromatic N) is 1. The number of hydrogen-bond acceptors (Lipinski definition) is 3. The van der Waals surface area contributed by atoms with Gasteiger partial charge in [0.15, 0.2) is 0 Å². The van der Waals surface area contributed by atoms with Crippen LogP contribution in [-0.4, -0.2) is 34.8 Å². The minimum atomic E-state index is -0.667. The number of rotatable bonds is 6. The first-order valence-corrected chi connectivity index (χ1v) is 9.07. The lowest BCUT2D eigenvalue weighted by molar-refractivity contribution is -0.131. The molecule has 1 spiro atoms. The maximum atomic E-state index is 12.5. The highest BCUT2D eigenvalue weighted by Gasteiger charge is 2.51. The summed E-state index contributed by atoms with van der Waals surface area (Å²) in [4.78, 5) is 38.1. The van der Waals surface area contributed by atoms with Crippen molar-refractivity contribution in [3.8, 4) is 0 Å². The molecule has 2 N–H and O–H groups in total. The summed E-state index contributed by atoms with van der Waals surface area (Å²) in [5, 5.41) is 5.77. The number of anilines is 1. The number of urea groups is 1. The quantitative estimate of drug-likeness (QED) is 0.780. The summed E-state index contributed by atoms with van der Waals surface area (Å²) < 4.78 is 0. The highest BCUT2D eigenvalue weighted by atomic mass is 16.2. The molecule has 4 amide bonds. The summed E-state index contributed by atoms with van der Waals surface area (Å²) in [7, 11) is 0. The lowest BCUT2D eigenvalue weighted by Crippen LogP contribution is -2.44. The summed E-state index contributed by atoms with van der Waals surface area (Å²) in [5.41, 5.74) is 1.25. The van der Waals surface area contributed by atoms with Gasteiger partial charge in [0, 0.05) is 18.7 Å². The summed E-state index contributed by atoms with van der Waals surface area (Å²) in [6, 6.07) is 7.40. The van der Waals surface area contributed by atoms with Crippen molar-refractivity contribution in [2.75, 3.05) is 11.9 Å². The summed E-state index contributed by atoms with van der Waals surface area (Å²) in [5.74, 6) is -0.213. The average Bonchev–Trinajstić information content (AvgIpc) is 3.16. The van der Waals surface area contributed by atoms with Gasteiger partial charge in [0.1, 0.15) is 5.54 Å². The number of aryl methyl sites for hydroxylation is 1. The van der Waals surface area contributed by atoms with E-state index in [1.807, 2.05) is 31.2 Å². The van der Waals surface area contributed by atoms with Gasteiger partial charge >= 0.3 is 6.03 Å². The highest BCUT2D eigenvalue weighted by molar-refractivity contribution is 6.07. The second-order valence-corrected chi connectivity index (χ2v) is 6.84. The largest absolute Gasteiger partial charge is 0.326 e. The Hall–Kier alpha value is -2.37. The molecule has 2 aliphatic rings. The van der Waals surface area contributed by atoms with Gasteiger partial charge in [-0.2, -0.15) is 0 Å². The number of amides is 4. The van der Waals surface area contributed by atoms with Crippen LogP contribution in [-0.2, 0) is 16.0 Å². The average molecular weight is 343 g/mol. The number of carbonyl (C=O) groups excluding carboxylic acids is 3. The standard InChI is InChI=1S/C19H25N3O3/c1-2-14-8-3-4-9-15(14)20-16(23)10-7-13-22-17(24)19(21-18(22)25)11-5-6-12-19/h3-4,8-9H,2,5-7,10-13H2,1H3,(H,20,23)(H,21,25). The van der Waals surface area contributed by atoms with Gasteiger partial charge in [0.2, 0.25) is 5.91 Å². The molecule has 0 unspecified atom stereocenters. The summed E-state index contributed by atoms with van der Waals surface area (Å²) >= 11 is 0. The third-order valence-electron chi connectivity index (χ3n) is 5.16. The van der Waals surface area contributed by atoms with Crippen LogP contribution in [0.2, 0.25) is 0 Å². The Morgan fingerprint density at radius 3 is 2.68 bits per heavy atom. The molecule has 6 heteroatoms. The third kappa shape index (κ3) is 3.52. The van der Waals surface area contributed by atoms with Gasteiger partial charge in [-0.3, -0.25) is 14.5 Å². The first kappa shape index (κ1) is 17.5. The van der Waals surface area contributed by atoms with Gasteiger partial charge in [-0.1, -0.05) is 38.0 Å². The van der Waals surface area contributed by atoms with Gasteiger partial charge in [0.25, 0.3) is 5.91 Å². The molecular weight excluding hydrogens is 318 g/mol. The molecule has 6 nitrogen and oxygen atoms in total. The second kappa shape index (κ2) is 7.25. The Morgan fingerprint density at radius 2 is 1.96 bits per heavy atom. The molecule has 0 atom stereocenters. The predicted octanol–water partition coefficient (Wildman–Crippen LogP) is 2.83. The van der Waals surface area contributed by atoms with E-state index in [1.165, 1.54) is 4.90 Å². The number of para-hydroxylation sites is 1. The molecule has 1 aromatic rings. The van der Waals surface area contributed by atoms with Gasteiger partial charge < -0.3 is 10.6 Å². The molecule has 0 bridgehead atoms. The van der Waals surface area contributed by atoms with Gasteiger partial charge in [-0.15, -0.1) is 0 Å². The molecule has 1 saturated carbocycles. The summed E-state index contributed by atoms with van der Waals surface area (Å²) in [6.07, 6.45) is 4.99. The van der Waals surface area contributed by atoms with Gasteiger partial charge in [-0.05, 0) is 37.3 Å². The number of hydrogen-bond donors (Lipinski definition) is 2. The molecule has 0 aromatic heterocycles. The zero-order valence-electron chi connectivity index (χ0n) is 14.6. The van der Waals surface area contributed by atoms with Crippen LogP contribution in [0.25, 0.3) is 0 Å². The molecule has 2 fully saturated rings. The molecular formula is C19H25N3O3. The van der Waals surface area contributed by atoms with Crippen molar-refractivity contribution in [1.29, 1.82) is 0 Å². The third-order valence-corrected chi connectivity index (χ3v) is 5.16. The van der Waals surface area contributed by atoms with Crippen molar-refractivity contribution in [1.82, 2.24) is 10.2 Å². The zero-order chi connectivity index (χ0) is 17.9. The first-order valence-electron chi connectivity index (χ1n) is 9.07. The first-order chi connectivity index (χ1) is 12.1. The van der Waals surface area contributed by atoms with Crippen LogP contribution in [0, 0.1) is 0 Å². The van der Waals surface area contributed by atoms with Crippen LogP contribution in [0.15, 0.2) is 24.3 Å². The van der Waals surface area contributed by atoms with E-state index in [-0.39, 0.29) is 30.8 Å². The van der Waals surface area contributed by atoms with E-state index in [0.29, 0.717) is 6.42 Å². The fourth-order valence-corrected chi connectivity index (χ4v) is 3.76. The lowest BCUT2D eigenvalue weighted by Gasteiger charge is -2.20. The van der Waals surface area contributed by atoms with E-state index in [2.05, 4.69) is 10.6 Å². The molecule has 1 aliphatic carbocycles. The van der Waals surface area contributed by atoms with Gasteiger partial charge in [-0.25, -0.2) is 4.79 Å². The van der Waals surface area contributed by atoms with E-state index in [1.54, 1.807) is 0 Å². The van der Waals surface area contributed by atoms with Crippen molar-refractivity contribution in [3.05, 3.63) is 29.8 Å². The van der Waals surface area contributed by atoms with Crippen molar-refractivity contribution < 1.29 is 14.4 Å².